The third-order valence-electron chi connectivity index (χ3n) is 3.77. The molecule has 3 saturated heterocycles. The van der Waals surface area contributed by atoms with Crippen LogP contribution in [0.4, 0.5) is 4.79 Å². The molecule has 15 heavy (non-hydrogen) atoms. The molecule has 1 aliphatic carbocycles. The number of fused-ring (bicyclic) bond motifs is 3. The van der Waals surface area contributed by atoms with Gasteiger partial charge in [0.1, 0.15) is 0 Å². The van der Waals surface area contributed by atoms with E-state index in [4.69, 9.17) is 9.47 Å². The Hall–Kier alpha value is -0.810. The molecule has 5 heteroatoms. The minimum atomic E-state index is -0.874. The van der Waals surface area contributed by atoms with Crippen molar-refractivity contribution >= 4 is 6.09 Å². The lowest BCUT2D eigenvalue weighted by Gasteiger charge is -2.50. The average molecular weight is 213 g/mol. The molecule has 3 heterocycles. The van der Waals surface area contributed by atoms with Gasteiger partial charge in [0.2, 0.25) is 0 Å². The average Bonchev–Trinajstić information content (AvgIpc) is 3.04. The molecule has 4 aliphatic rings. The van der Waals surface area contributed by atoms with Crippen molar-refractivity contribution in [3.8, 4) is 0 Å². The smallest absolute Gasteiger partial charge is 0.409 e. The van der Waals surface area contributed by atoms with Gasteiger partial charge in [-0.3, -0.25) is 4.90 Å². The van der Waals surface area contributed by atoms with Crippen LogP contribution in [0.25, 0.3) is 0 Å². The molecule has 3 aliphatic heterocycles. The van der Waals surface area contributed by atoms with Gasteiger partial charge in [0.15, 0.2) is 6.23 Å². The van der Waals surface area contributed by atoms with Gasteiger partial charge in [-0.1, -0.05) is 0 Å². The number of carboxylic acid groups (broad SMARTS) is 1. The molecule has 0 aromatic carbocycles. The molecular formula is C10H15NO4. The fourth-order valence-corrected chi connectivity index (χ4v) is 2.85. The van der Waals surface area contributed by atoms with E-state index in [1.165, 1.54) is 4.90 Å². The van der Waals surface area contributed by atoms with Crippen LogP contribution >= 0.6 is 0 Å². The second-order valence-electron chi connectivity index (χ2n) is 4.68. The molecule has 0 aromatic heterocycles. The van der Waals surface area contributed by atoms with Gasteiger partial charge in [0, 0.05) is 0 Å². The van der Waals surface area contributed by atoms with E-state index < -0.39 is 6.09 Å². The number of ether oxygens (including phenoxy) is 2. The summed E-state index contributed by atoms with van der Waals surface area (Å²) in [5.74, 6) is 0. The van der Waals surface area contributed by atoms with Crippen LogP contribution in [0.1, 0.15) is 25.7 Å². The summed E-state index contributed by atoms with van der Waals surface area (Å²) in [6.45, 7) is 1.08. The van der Waals surface area contributed by atoms with Crippen LogP contribution in [-0.4, -0.2) is 47.2 Å². The molecule has 1 saturated carbocycles. The van der Waals surface area contributed by atoms with Crippen LogP contribution in [0.2, 0.25) is 0 Å². The molecule has 1 unspecified atom stereocenters. The van der Waals surface area contributed by atoms with Crippen molar-refractivity contribution in [2.75, 3.05) is 13.2 Å². The summed E-state index contributed by atoms with van der Waals surface area (Å²) in [6.07, 6.45) is 3.07. The highest BCUT2D eigenvalue weighted by Gasteiger charge is 2.53. The lowest BCUT2D eigenvalue weighted by Crippen LogP contribution is -2.61. The van der Waals surface area contributed by atoms with Gasteiger partial charge in [0.05, 0.1) is 24.9 Å². The van der Waals surface area contributed by atoms with Crippen molar-refractivity contribution in [1.29, 1.82) is 0 Å². The number of epoxide rings is 1. The minimum Gasteiger partial charge on any atom is -0.465 e. The molecule has 0 spiro atoms. The van der Waals surface area contributed by atoms with Crippen LogP contribution in [0, 0.1) is 0 Å². The van der Waals surface area contributed by atoms with Crippen molar-refractivity contribution in [2.24, 2.45) is 0 Å². The van der Waals surface area contributed by atoms with E-state index in [2.05, 4.69) is 0 Å². The summed E-state index contributed by atoms with van der Waals surface area (Å²) in [4.78, 5) is 12.7. The Bertz CT molecular complexity index is 267. The van der Waals surface area contributed by atoms with Crippen LogP contribution < -0.4 is 0 Å². The Morgan fingerprint density at radius 3 is 2.40 bits per heavy atom. The number of nitrogens with zero attached hydrogens (tertiary/aromatic N) is 1. The molecule has 5 nitrogen and oxygen atoms in total. The molecular weight excluding hydrogens is 198 g/mol. The van der Waals surface area contributed by atoms with E-state index >= 15 is 0 Å². The zero-order valence-electron chi connectivity index (χ0n) is 8.52. The Morgan fingerprint density at radius 1 is 1.33 bits per heavy atom. The number of carbonyl (C=O) groups is 1. The summed E-state index contributed by atoms with van der Waals surface area (Å²) in [5.41, 5.74) is -0.304. The van der Waals surface area contributed by atoms with Crippen molar-refractivity contribution in [2.45, 2.75) is 43.6 Å². The molecule has 0 aromatic rings. The van der Waals surface area contributed by atoms with Crippen LogP contribution in [0.15, 0.2) is 0 Å². The van der Waals surface area contributed by atoms with Gasteiger partial charge in [-0.15, -0.1) is 0 Å². The van der Waals surface area contributed by atoms with Crippen molar-refractivity contribution < 1.29 is 19.4 Å². The van der Waals surface area contributed by atoms with E-state index in [-0.39, 0.29) is 11.8 Å². The Balaban J connectivity index is 1.85. The van der Waals surface area contributed by atoms with E-state index in [1.807, 2.05) is 0 Å². The van der Waals surface area contributed by atoms with Crippen molar-refractivity contribution in [1.82, 2.24) is 4.90 Å². The first-order valence-corrected chi connectivity index (χ1v) is 5.47. The summed E-state index contributed by atoms with van der Waals surface area (Å²) >= 11 is 0. The van der Waals surface area contributed by atoms with Gasteiger partial charge in [-0.25, -0.2) is 4.79 Å². The van der Waals surface area contributed by atoms with Crippen molar-refractivity contribution in [3.63, 3.8) is 0 Å². The molecule has 1 N–H and O–H groups in total. The maximum Gasteiger partial charge on any atom is 0.409 e. The summed E-state index contributed by atoms with van der Waals surface area (Å²) in [7, 11) is 0. The molecule has 84 valence electrons. The molecule has 4 rings (SSSR count). The largest absolute Gasteiger partial charge is 0.465 e. The topological polar surface area (TPSA) is 62.3 Å². The molecule has 1 atom stereocenters. The standard InChI is InChI=1S/C10H15NO4/c12-9(13)11(8-5-14-8)10-3-1-7(2-4-10)15-6-10/h7-8H,1-6H2,(H,12,13). The maximum atomic E-state index is 11.3. The first-order chi connectivity index (χ1) is 7.21. The normalized spacial score (nSPS) is 42.7. The number of hydrogen-bond donors (Lipinski definition) is 1. The van der Waals surface area contributed by atoms with Gasteiger partial charge in [-0.2, -0.15) is 0 Å². The molecule has 2 bridgehead atoms. The fraction of sp³-hybridized carbons (Fsp3) is 0.900. The highest BCUT2D eigenvalue weighted by atomic mass is 16.6. The quantitative estimate of drug-likeness (QED) is 0.696. The third kappa shape index (κ3) is 1.41. The summed E-state index contributed by atoms with van der Waals surface area (Å²) < 4.78 is 10.7. The van der Waals surface area contributed by atoms with Gasteiger partial charge < -0.3 is 14.6 Å². The lowest BCUT2D eigenvalue weighted by molar-refractivity contribution is -0.134. The highest BCUT2D eigenvalue weighted by Crippen LogP contribution is 2.43. The summed E-state index contributed by atoms with van der Waals surface area (Å²) in [5, 5.41) is 9.24. The molecule has 4 fully saturated rings. The molecule has 0 radical (unpaired) electrons. The fourth-order valence-electron chi connectivity index (χ4n) is 2.85. The Morgan fingerprint density at radius 2 is 2.00 bits per heavy atom. The number of rotatable bonds is 2. The number of hydrogen-bond acceptors (Lipinski definition) is 3. The maximum absolute atomic E-state index is 11.3. The van der Waals surface area contributed by atoms with E-state index in [1.54, 1.807) is 0 Å². The lowest BCUT2D eigenvalue weighted by atomic mass is 9.77. The Kier molecular flexibility index (Phi) is 1.94. The zero-order chi connectivity index (χ0) is 10.5. The number of amides is 1. The van der Waals surface area contributed by atoms with Crippen LogP contribution in [-0.2, 0) is 9.47 Å². The second kappa shape index (κ2) is 3.09. The van der Waals surface area contributed by atoms with E-state index in [0.717, 1.165) is 25.7 Å². The predicted octanol–water partition coefficient (Wildman–Crippen LogP) is 1.03. The monoisotopic (exact) mass is 213 g/mol. The predicted molar refractivity (Wildman–Crippen MR) is 50.5 cm³/mol. The van der Waals surface area contributed by atoms with Gasteiger partial charge >= 0.3 is 6.09 Å². The van der Waals surface area contributed by atoms with Gasteiger partial charge in [0.25, 0.3) is 0 Å². The first kappa shape index (κ1) is 9.42. The van der Waals surface area contributed by atoms with Crippen LogP contribution in [0.5, 0.6) is 0 Å². The first-order valence-electron chi connectivity index (χ1n) is 5.47. The SMILES string of the molecule is O=C(O)N(C1CO1)C12CCC(CC1)OC2. The third-order valence-corrected chi connectivity index (χ3v) is 3.77. The zero-order valence-corrected chi connectivity index (χ0v) is 8.52. The Labute approximate surface area is 87.9 Å². The van der Waals surface area contributed by atoms with Crippen LogP contribution in [0.3, 0.4) is 0 Å². The van der Waals surface area contributed by atoms with E-state index in [9.17, 15) is 9.90 Å². The van der Waals surface area contributed by atoms with E-state index in [0.29, 0.717) is 19.3 Å². The highest BCUT2D eigenvalue weighted by molar-refractivity contribution is 5.67. The van der Waals surface area contributed by atoms with Gasteiger partial charge in [-0.05, 0) is 25.7 Å². The van der Waals surface area contributed by atoms with Crippen molar-refractivity contribution in [3.05, 3.63) is 0 Å². The minimum absolute atomic E-state index is 0.222. The second-order valence-corrected chi connectivity index (χ2v) is 4.68. The summed E-state index contributed by atoms with van der Waals surface area (Å²) in [6, 6.07) is 0. The molecule has 1 amide bonds.